The summed E-state index contributed by atoms with van der Waals surface area (Å²) in [7, 11) is 0. The fourth-order valence-corrected chi connectivity index (χ4v) is 2.80. The zero-order valence-corrected chi connectivity index (χ0v) is 11.1. The molecule has 0 saturated heterocycles. The zero-order chi connectivity index (χ0) is 13.0. The molecule has 2 unspecified atom stereocenters. The fourth-order valence-electron chi connectivity index (χ4n) is 2.80. The van der Waals surface area contributed by atoms with Gasteiger partial charge >= 0.3 is 0 Å². The summed E-state index contributed by atoms with van der Waals surface area (Å²) in [4.78, 5) is 0. The minimum absolute atomic E-state index is 0.0113. The normalized spacial score (nSPS) is 28.7. The highest BCUT2D eigenvalue weighted by Crippen LogP contribution is 2.32. The van der Waals surface area contributed by atoms with Crippen molar-refractivity contribution in [2.75, 3.05) is 11.9 Å². The van der Waals surface area contributed by atoms with E-state index in [1.807, 2.05) is 0 Å². The van der Waals surface area contributed by atoms with Crippen LogP contribution in [-0.4, -0.2) is 12.1 Å². The minimum Gasteiger partial charge on any atom is -0.378 e. The first-order valence-electron chi connectivity index (χ1n) is 6.87. The molecule has 0 amide bonds. The molecular weight excluding hydrogens is 227 g/mol. The monoisotopic (exact) mass is 250 g/mol. The van der Waals surface area contributed by atoms with Gasteiger partial charge in [-0.1, -0.05) is 19.8 Å². The van der Waals surface area contributed by atoms with Gasteiger partial charge in [-0.2, -0.15) is 0 Å². The predicted octanol–water partition coefficient (Wildman–Crippen LogP) is 3.54. The topological polar surface area (TPSA) is 38.0 Å². The van der Waals surface area contributed by atoms with Gasteiger partial charge in [0.15, 0.2) is 0 Å². The van der Waals surface area contributed by atoms with E-state index in [4.69, 9.17) is 5.73 Å². The Kier molecular flexibility index (Phi) is 4.23. The molecule has 1 fully saturated rings. The SMILES string of the molecule is CC1CCCC(CN)(Nc2ccc(F)cc2)CC1. The van der Waals surface area contributed by atoms with Gasteiger partial charge in [-0.15, -0.1) is 0 Å². The molecule has 100 valence electrons. The Morgan fingerprint density at radius 3 is 2.67 bits per heavy atom. The summed E-state index contributed by atoms with van der Waals surface area (Å²) in [6, 6.07) is 6.57. The van der Waals surface area contributed by atoms with Gasteiger partial charge in [0.2, 0.25) is 0 Å². The summed E-state index contributed by atoms with van der Waals surface area (Å²) >= 11 is 0. The molecule has 2 nitrogen and oxygen atoms in total. The predicted molar refractivity (Wildman–Crippen MR) is 74.1 cm³/mol. The number of nitrogens with one attached hydrogen (secondary N) is 1. The molecule has 0 aromatic heterocycles. The smallest absolute Gasteiger partial charge is 0.123 e. The molecule has 1 aromatic carbocycles. The van der Waals surface area contributed by atoms with Crippen molar-refractivity contribution in [3.05, 3.63) is 30.1 Å². The summed E-state index contributed by atoms with van der Waals surface area (Å²) in [5, 5.41) is 3.54. The Bertz CT molecular complexity index is 377. The lowest BCUT2D eigenvalue weighted by Crippen LogP contribution is -2.45. The Labute approximate surface area is 109 Å². The average molecular weight is 250 g/mol. The molecule has 3 N–H and O–H groups in total. The third-order valence-electron chi connectivity index (χ3n) is 4.11. The highest BCUT2D eigenvalue weighted by molar-refractivity contribution is 5.45. The lowest BCUT2D eigenvalue weighted by Gasteiger charge is -2.34. The van der Waals surface area contributed by atoms with Crippen LogP contribution in [0.2, 0.25) is 0 Å². The van der Waals surface area contributed by atoms with Crippen molar-refractivity contribution in [1.82, 2.24) is 0 Å². The van der Waals surface area contributed by atoms with E-state index < -0.39 is 0 Å². The summed E-state index contributed by atoms with van der Waals surface area (Å²) in [5.74, 6) is 0.588. The average Bonchev–Trinajstić information content (AvgIpc) is 2.56. The van der Waals surface area contributed by atoms with Gasteiger partial charge in [-0.3, -0.25) is 0 Å². The first kappa shape index (κ1) is 13.3. The van der Waals surface area contributed by atoms with Crippen molar-refractivity contribution >= 4 is 5.69 Å². The highest BCUT2D eigenvalue weighted by Gasteiger charge is 2.30. The summed E-state index contributed by atoms with van der Waals surface area (Å²) < 4.78 is 12.9. The maximum Gasteiger partial charge on any atom is 0.123 e. The molecule has 2 atom stereocenters. The van der Waals surface area contributed by atoms with Crippen LogP contribution in [0.5, 0.6) is 0 Å². The summed E-state index contributed by atoms with van der Waals surface area (Å²) in [6.07, 6.45) is 5.91. The number of hydrogen-bond acceptors (Lipinski definition) is 2. The molecule has 2 rings (SSSR count). The first-order chi connectivity index (χ1) is 8.63. The van der Waals surface area contributed by atoms with Crippen molar-refractivity contribution in [2.24, 2.45) is 11.7 Å². The van der Waals surface area contributed by atoms with Gasteiger partial charge in [-0.25, -0.2) is 4.39 Å². The van der Waals surface area contributed by atoms with Crippen LogP contribution in [0.25, 0.3) is 0 Å². The quantitative estimate of drug-likeness (QED) is 0.805. The molecule has 0 bridgehead atoms. The molecular formula is C15H23FN2. The molecule has 0 spiro atoms. The van der Waals surface area contributed by atoms with Crippen LogP contribution in [0.1, 0.15) is 39.0 Å². The van der Waals surface area contributed by atoms with Crippen molar-refractivity contribution in [1.29, 1.82) is 0 Å². The number of hydrogen-bond donors (Lipinski definition) is 2. The fraction of sp³-hybridized carbons (Fsp3) is 0.600. The molecule has 1 aliphatic rings. The van der Waals surface area contributed by atoms with E-state index in [0.717, 1.165) is 24.4 Å². The van der Waals surface area contributed by atoms with E-state index >= 15 is 0 Å². The van der Waals surface area contributed by atoms with Crippen molar-refractivity contribution in [2.45, 2.75) is 44.6 Å². The second-order valence-corrected chi connectivity index (χ2v) is 5.65. The van der Waals surface area contributed by atoms with Crippen molar-refractivity contribution in [3.8, 4) is 0 Å². The Morgan fingerprint density at radius 1 is 1.28 bits per heavy atom. The molecule has 18 heavy (non-hydrogen) atoms. The van der Waals surface area contributed by atoms with E-state index in [2.05, 4.69) is 12.2 Å². The van der Waals surface area contributed by atoms with Crippen LogP contribution in [-0.2, 0) is 0 Å². The van der Waals surface area contributed by atoms with E-state index in [0.29, 0.717) is 6.54 Å². The first-order valence-corrected chi connectivity index (χ1v) is 6.87. The largest absolute Gasteiger partial charge is 0.378 e. The third kappa shape index (κ3) is 3.22. The van der Waals surface area contributed by atoms with Crippen LogP contribution in [0.15, 0.2) is 24.3 Å². The van der Waals surface area contributed by atoms with E-state index in [1.54, 1.807) is 12.1 Å². The molecule has 1 aliphatic carbocycles. The van der Waals surface area contributed by atoms with Gasteiger partial charge in [0.05, 0.1) is 0 Å². The third-order valence-corrected chi connectivity index (χ3v) is 4.11. The van der Waals surface area contributed by atoms with Crippen molar-refractivity contribution in [3.63, 3.8) is 0 Å². The standard InChI is InChI=1S/C15H23FN2/c1-12-3-2-9-15(11-17,10-8-12)18-14-6-4-13(16)5-7-14/h4-7,12,18H,2-3,8-11,17H2,1H3. The zero-order valence-electron chi connectivity index (χ0n) is 11.1. The maximum atomic E-state index is 12.9. The maximum absolute atomic E-state index is 12.9. The summed E-state index contributed by atoms with van der Waals surface area (Å²) in [5.41, 5.74) is 6.95. The number of rotatable bonds is 3. The number of anilines is 1. The van der Waals surface area contributed by atoms with Crippen LogP contribution >= 0.6 is 0 Å². The minimum atomic E-state index is -0.197. The molecule has 0 radical (unpaired) electrons. The number of halogens is 1. The van der Waals surface area contributed by atoms with Gasteiger partial charge in [-0.05, 0) is 49.4 Å². The molecule has 1 saturated carbocycles. The molecule has 1 aromatic rings. The number of nitrogens with two attached hydrogens (primary N) is 1. The van der Waals surface area contributed by atoms with Gasteiger partial charge in [0.25, 0.3) is 0 Å². The van der Waals surface area contributed by atoms with Crippen molar-refractivity contribution < 1.29 is 4.39 Å². The lowest BCUT2D eigenvalue weighted by atomic mass is 9.89. The second-order valence-electron chi connectivity index (χ2n) is 5.65. The molecule has 3 heteroatoms. The van der Waals surface area contributed by atoms with Gasteiger partial charge < -0.3 is 11.1 Å². The highest BCUT2D eigenvalue weighted by atomic mass is 19.1. The van der Waals surface area contributed by atoms with E-state index in [-0.39, 0.29) is 11.4 Å². The van der Waals surface area contributed by atoms with Crippen LogP contribution in [0.3, 0.4) is 0 Å². The summed E-state index contributed by atoms with van der Waals surface area (Å²) in [6.45, 7) is 2.95. The number of benzene rings is 1. The Morgan fingerprint density at radius 2 is 2.00 bits per heavy atom. The second kappa shape index (κ2) is 5.70. The molecule has 0 heterocycles. The van der Waals surface area contributed by atoms with Crippen LogP contribution in [0.4, 0.5) is 10.1 Å². The van der Waals surface area contributed by atoms with Crippen LogP contribution in [0, 0.1) is 11.7 Å². The van der Waals surface area contributed by atoms with Gasteiger partial charge in [0, 0.05) is 17.8 Å². The van der Waals surface area contributed by atoms with Gasteiger partial charge in [0.1, 0.15) is 5.82 Å². The molecule has 0 aliphatic heterocycles. The Balaban J connectivity index is 2.09. The van der Waals surface area contributed by atoms with E-state index in [9.17, 15) is 4.39 Å². The Hall–Kier alpha value is -1.09. The van der Waals surface area contributed by atoms with Crippen LogP contribution < -0.4 is 11.1 Å². The lowest BCUT2D eigenvalue weighted by molar-refractivity contribution is 0.409. The van der Waals surface area contributed by atoms with E-state index in [1.165, 1.54) is 31.4 Å².